The van der Waals surface area contributed by atoms with Gasteiger partial charge in [0, 0.05) is 32.3 Å². The summed E-state index contributed by atoms with van der Waals surface area (Å²) in [5, 5.41) is 11.0. The normalized spacial score (nSPS) is 51.0. The third-order valence-electron chi connectivity index (χ3n) is 10.5. The maximum atomic E-state index is 13.5. The van der Waals surface area contributed by atoms with Crippen LogP contribution >= 0.6 is 0 Å². The van der Waals surface area contributed by atoms with Gasteiger partial charge in [0.25, 0.3) is 0 Å². The first-order chi connectivity index (χ1) is 19.1. The Labute approximate surface area is 231 Å². The van der Waals surface area contributed by atoms with E-state index in [0.717, 1.165) is 5.57 Å². The molecule has 0 radical (unpaired) electrons. The van der Waals surface area contributed by atoms with Crippen LogP contribution in [0, 0.1) is 10.8 Å². The number of aliphatic hydroxyl groups excluding tert-OH is 1. The molecule has 11 heteroatoms. The summed E-state index contributed by atoms with van der Waals surface area (Å²) >= 11 is 0. The molecule has 7 rings (SSSR count). The molecule has 7 aliphatic rings. The maximum absolute atomic E-state index is 13.5. The average molecular weight is 559 g/mol. The first-order valence-corrected chi connectivity index (χ1v) is 13.9. The largest absolute Gasteiger partial charge is 0.495 e. The highest BCUT2D eigenvalue weighted by Gasteiger charge is 2.83. The van der Waals surface area contributed by atoms with E-state index in [0.29, 0.717) is 31.6 Å². The fourth-order valence-electron chi connectivity index (χ4n) is 8.05. The predicted molar refractivity (Wildman–Crippen MR) is 133 cm³/mol. The lowest BCUT2D eigenvalue weighted by atomic mass is 9.51. The van der Waals surface area contributed by atoms with Gasteiger partial charge in [-0.15, -0.1) is 0 Å². The number of hydrogen-bond acceptors (Lipinski definition) is 11. The van der Waals surface area contributed by atoms with E-state index in [9.17, 15) is 19.5 Å². The molecule has 5 aliphatic heterocycles. The minimum Gasteiger partial charge on any atom is -0.495 e. The van der Waals surface area contributed by atoms with Crippen molar-refractivity contribution in [3.63, 3.8) is 0 Å². The van der Waals surface area contributed by atoms with Gasteiger partial charge in [-0.1, -0.05) is 19.1 Å². The number of carbonyl (C=O) groups is 3. The second-order valence-corrected chi connectivity index (χ2v) is 12.3. The SMILES string of the molecule is CC(=O)O[C@H]1C[C@@]23COC(=O)[C@@H]4O[C@@]45CCO/C(=C\C/C=C\C(=O)O[C@@H]4C[C@@H](O[C@@H]2C=C1C)[C@@]1(CO1)[C@]43C)[C@H]5O. The number of ether oxygens (including phenoxy) is 7. The van der Waals surface area contributed by atoms with Crippen LogP contribution in [0.2, 0.25) is 0 Å². The third-order valence-corrected chi connectivity index (χ3v) is 10.5. The molecule has 1 saturated carbocycles. The third kappa shape index (κ3) is 3.41. The minimum atomic E-state index is -1.15. The Morgan fingerprint density at radius 2 is 1.98 bits per heavy atom. The fraction of sp³-hybridized carbons (Fsp3) is 0.690. The Hall–Kier alpha value is -2.73. The average Bonchev–Trinajstić information content (AvgIpc) is 3.81. The molecule has 2 aliphatic carbocycles. The van der Waals surface area contributed by atoms with Crippen molar-refractivity contribution in [2.75, 3.05) is 19.8 Å². The van der Waals surface area contributed by atoms with Gasteiger partial charge in [-0.05, 0) is 25.0 Å². The molecular formula is C29H34O11. The van der Waals surface area contributed by atoms with Gasteiger partial charge in [0.1, 0.15) is 41.9 Å². The molecule has 0 unspecified atom stereocenters. The molecule has 0 aromatic heterocycles. The summed E-state index contributed by atoms with van der Waals surface area (Å²) < 4.78 is 42.1. The smallest absolute Gasteiger partial charge is 0.338 e. The highest BCUT2D eigenvalue weighted by molar-refractivity contribution is 5.82. The van der Waals surface area contributed by atoms with E-state index < -0.39 is 70.5 Å². The first-order valence-electron chi connectivity index (χ1n) is 13.9. The summed E-state index contributed by atoms with van der Waals surface area (Å²) in [6.45, 7) is 5.83. The highest BCUT2D eigenvalue weighted by atomic mass is 16.7. The predicted octanol–water partition coefficient (Wildman–Crippen LogP) is 1.42. The Morgan fingerprint density at radius 1 is 1.18 bits per heavy atom. The van der Waals surface area contributed by atoms with Gasteiger partial charge in [0.2, 0.25) is 0 Å². The van der Waals surface area contributed by atoms with Crippen LogP contribution in [0.5, 0.6) is 0 Å². The Morgan fingerprint density at radius 3 is 2.73 bits per heavy atom. The molecule has 11 nitrogen and oxygen atoms in total. The molecule has 40 heavy (non-hydrogen) atoms. The number of hydrogen-bond donors (Lipinski definition) is 1. The number of esters is 3. The molecule has 216 valence electrons. The van der Waals surface area contributed by atoms with Crippen LogP contribution in [-0.2, 0) is 47.5 Å². The quantitative estimate of drug-likeness (QED) is 0.216. The summed E-state index contributed by atoms with van der Waals surface area (Å²) in [7, 11) is 0. The summed E-state index contributed by atoms with van der Waals surface area (Å²) in [6, 6.07) is 0. The number of rotatable bonds is 1. The molecule has 1 N–H and O–H groups in total. The van der Waals surface area contributed by atoms with Crippen molar-refractivity contribution in [1.29, 1.82) is 0 Å². The number of epoxide rings is 2. The van der Waals surface area contributed by atoms with E-state index in [1.165, 1.54) is 13.0 Å². The summed E-state index contributed by atoms with van der Waals surface area (Å²) in [6.07, 6.45) is 3.84. The van der Waals surface area contributed by atoms with Crippen LogP contribution in [-0.4, -0.2) is 90.7 Å². The van der Waals surface area contributed by atoms with E-state index in [1.54, 1.807) is 12.2 Å². The van der Waals surface area contributed by atoms with E-state index in [-0.39, 0.29) is 25.7 Å². The fourth-order valence-corrected chi connectivity index (χ4v) is 8.05. The van der Waals surface area contributed by atoms with Gasteiger partial charge in [-0.2, -0.15) is 0 Å². The monoisotopic (exact) mass is 558 g/mol. The van der Waals surface area contributed by atoms with Crippen LogP contribution in [0.1, 0.15) is 46.5 Å². The number of allylic oxidation sites excluding steroid dienone is 2. The zero-order valence-electron chi connectivity index (χ0n) is 22.8. The molecule has 0 aromatic rings. The van der Waals surface area contributed by atoms with E-state index in [1.807, 2.05) is 19.9 Å². The van der Waals surface area contributed by atoms with Crippen molar-refractivity contribution in [2.24, 2.45) is 10.8 Å². The highest BCUT2D eigenvalue weighted by Crippen LogP contribution is 2.72. The zero-order chi connectivity index (χ0) is 28.1. The van der Waals surface area contributed by atoms with Gasteiger partial charge >= 0.3 is 17.9 Å². The lowest BCUT2D eigenvalue weighted by Gasteiger charge is -2.59. The van der Waals surface area contributed by atoms with Gasteiger partial charge in [-0.25, -0.2) is 9.59 Å². The number of carbonyl (C=O) groups excluding carboxylic acids is 3. The first kappa shape index (κ1) is 26.2. The standard InChI is InChI=1S/C29H34O11/c1-15-10-20-27(12-18(15)37-16(2)30)13-35-25(33)24-28(40-24)8-9-34-17(23(28)32)6-4-5-7-22(31)39-19-11-21(38-20)29(14-36-29)26(19,27)3/h5-7,10,18-21,23-24,32H,4,8-9,11-14H2,1-3H3/b7-5-,17-6-/t18-,19+,20+,21+,23+,24-,26+,27+,28+,29-/m0/s1. The number of cyclic esters (lactones) is 1. The molecular weight excluding hydrogens is 524 g/mol. The molecule has 4 bridgehead atoms. The van der Waals surface area contributed by atoms with E-state index in [4.69, 9.17) is 33.2 Å². The van der Waals surface area contributed by atoms with Crippen molar-refractivity contribution in [1.82, 2.24) is 0 Å². The summed E-state index contributed by atoms with van der Waals surface area (Å²) in [4.78, 5) is 38.6. The molecule has 5 fully saturated rings. The Kier molecular flexibility index (Phi) is 5.66. The van der Waals surface area contributed by atoms with E-state index in [2.05, 4.69) is 0 Å². The van der Waals surface area contributed by atoms with Crippen molar-refractivity contribution < 1.29 is 52.6 Å². The zero-order valence-corrected chi connectivity index (χ0v) is 22.8. The van der Waals surface area contributed by atoms with Crippen molar-refractivity contribution in [2.45, 2.75) is 94.3 Å². The van der Waals surface area contributed by atoms with Gasteiger partial charge in [0.05, 0.1) is 36.3 Å². The lowest BCUT2D eigenvalue weighted by Crippen LogP contribution is -2.68. The van der Waals surface area contributed by atoms with Gasteiger partial charge in [-0.3, -0.25) is 4.79 Å². The number of aliphatic hydroxyl groups is 1. The van der Waals surface area contributed by atoms with Crippen molar-refractivity contribution in [3.05, 3.63) is 35.6 Å². The Bertz CT molecular complexity index is 1250. The van der Waals surface area contributed by atoms with Crippen LogP contribution < -0.4 is 0 Å². The second kappa shape index (κ2) is 8.64. The maximum Gasteiger partial charge on any atom is 0.338 e. The summed E-state index contributed by atoms with van der Waals surface area (Å²) in [5.41, 5.74) is -2.81. The Balaban J connectivity index is 1.31. The van der Waals surface area contributed by atoms with Crippen molar-refractivity contribution in [3.8, 4) is 0 Å². The molecule has 0 amide bonds. The van der Waals surface area contributed by atoms with Crippen molar-refractivity contribution >= 4 is 17.9 Å². The molecule has 10 atom stereocenters. The second-order valence-electron chi connectivity index (χ2n) is 12.3. The molecule has 0 aromatic carbocycles. The number of fused-ring (bicyclic) bond motifs is 1. The van der Waals surface area contributed by atoms with Gasteiger partial charge in [0.15, 0.2) is 6.10 Å². The van der Waals surface area contributed by atoms with Crippen LogP contribution in [0.15, 0.2) is 35.6 Å². The minimum absolute atomic E-state index is 0.110. The van der Waals surface area contributed by atoms with Crippen LogP contribution in [0.25, 0.3) is 0 Å². The topological polar surface area (TPSA) is 143 Å². The summed E-state index contributed by atoms with van der Waals surface area (Å²) in [5.74, 6) is -1.25. The lowest BCUT2D eigenvalue weighted by molar-refractivity contribution is -0.240. The van der Waals surface area contributed by atoms with Gasteiger partial charge < -0.3 is 38.3 Å². The molecule has 3 spiro atoms. The molecule has 5 heterocycles. The van der Waals surface area contributed by atoms with Crippen LogP contribution in [0.3, 0.4) is 0 Å². The van der Waals surface area contributed by atoms with E-state index >= 15 is 0 Å². The molecule has 4 saturated heterocycles. The van der Waals surface area contributed by atoms with Crippen LogP contribution in [0.4, 0.5) is 0 Å².